The van der Waals surface area contributed by atoms with Crippen LogP contribution in [0, 0.1) is 5.82 Å². The molecule has 1 aromatic heterocycles. The molecule has 33 heavy (non-hydrogen) atoms. The molecule has 0 radical (unpaired) electrons. The summed E-state index contributed by atoms with van der Waals surface area (Å²) < 4.78 is 13.7. The van der Waals surface area contributed by atoms with E-state index in [2.05, 4.69) is 5.48 Å². The zero-order valence-corrected chi connectivity index (χ0v) is 19.4. The lowest BCUT2D eigenvalue weighted by atomic mass is 9.97. The van der Waals surface area contributed by atoms with Crippen molar-refractivity contribution in [1.29, 1.82) is 0 Å². The number of pyridine rings is 1. The van der Waals surface area contributed by atoms with Gasteiger partial charge < -0.3 is 4.84 Å². The van der Waals surface area contributed by atoms with Crippen molar-refractivity contribution >= 4 is 28.6 Å². The fourth-order valence-electron chi connectivity index (χ4n) is 3.89. The van der Waals surface area contributed by atoms with E-state index in [9.17, 15) is 9.18 Å². The van der Waals surface area contributed by atoms with E-state index < -0.39 is 5.97 Å². The smallest absolute Gasteiger partial charge is 0.357 e. The van der Waals surface area contributed by atoms with Gasteiger partial charge in [-0.25, -0.2) is 14.2 Å². The molecule has 0 saturated heterocycles. The number of carbonyl (C=O) groups excluding carboxylic acids is 1. The first-order valence-electron chi connectivity index (χ1n) is 10.8. The number of benzene rings is 3. The summed E-state index contributed by atoms with van der Waals surface area (Å²) in [4.78, 5) is 24.0. The van der Waals surface area contributed by atoms with Crippen LogP contribution >= 0.6 is 11.8 Å². The molecule has 0 spiro atoms. The minimum atomic E-state index is -0.482. The van der Waals surface area contributed by atoms with Gasteiger partial charge >= 0.3 is 5.97 Å². The minimum Gasteiger partial charge on any atom is -0.366 e. The van der Waals surface area contributed by atoms with Crippen LogP contribution in [0.1, 0.15) is 40.9 Å². The first kappa shape index (κ1) is 23.0. The first-order valence-corrected chi connectivity index (χ1v) is 12.2. The highest BCUT2D eigenvalue weighted by atomic mass is 32.2. The zero-order valence-electron chi connectivity index (χ0n) is 18.5. The average molecular weight is 461 g/mol. The number of para-hydroxylation sites is 1. The van der Waals surface area contributed by atoms with Gasteiger partial charge in [0, 0.05) is 22.3 Å². The van der Waals surface area contributed by atoms with Crippen molar-refractivity contribution in [1.82, 2.24) is 10.5 Å². The molecule has 1 N–H and O–H groups in total. The van der Waals surface area contributed by atoms with Gasteiger partial charge in [0.15, 0.2) is 0 Å². The van der Waals surface area contributed by atoms with E-state index >= 15 is 0 Å². The van der Waals surface area contributed by atoms with Crippen LogP contribution in [-0.2, 0) is 10.6 Å². The fourth-order valence-corrected chi connectivity index (χ4v) is 4.46. The van der Waals surface area contributed by atoms with Gasteiger partial charge in [0.1, 0.15) is 5.82 Å². The Kier molecular flexibility index (Phi) is 7.37. The van der Waals surface area contributed by atoms with Crippen LogP contribution in [0.2, 0.25) is 0 Å². The highest BCUT2D eigenvalue weighted by molar-refractivity contribution is 7.97. The molecule has 1 unspecified atom stereocenters. The number of fused-ring (bicyclic) bond motifs is 1. The number of nitrogens with one attached hydrogen (secondary N) is 1. The quantitative estimate of drug-likeness (QED) is 0.296. The number of hydrogen-bond acceptors (Lipinski definition) is 5. The van der Waals surface area contributed by atoms with Crippen molar-refractivity contribution in [3.05, 3.63) is 101 Å². The van der Waals surface area contributed by atoms with E-state index in [1.807, 2.05) is 73.8 Å². The average Bonchev–Trinajstić information content (AvgIpc) is 2.84. The van der Waals surface area contributed by atoms with Crippen LogP contribution in [0.15, 0.2) is 78.9 Å². The molecule has 0 saturated carbocycles. The fraction of sp³-hybridized carbons (Fsp3) is 0.185. The Morgan fingerprint density at radius 3 is 2.55 bits per heavy atom. The molecule has 0 fully saturated rings. The van der Waals surface area contributed by atoms with Gasteiger partial charge in [0.25, 0.3) is 0 Å². The van der Waals surface area contributed by atoms with Crippen LogP contribution in [0.4, 0.5) is 4.39 Å². The summed E-state index contributed by atoms with van der Waals surface area (Å²) in [5.41, 5.74) is 7.35. The third kappa shape index (κ3) is 5.07. The molecule has 0 aliphatic heterocycles. The summed E-state index contributed by atoms with van der Waals surface area (Å²) in [6.07, 6.45) is 2.62. The SMILES string of the molecule is CCC(NOC(=O)c1c(CSC)c(-c2ccccc2)nc2ccccc12)c1cccc(F)c1. The molecular formula is C27H25FN2O2S. The molecule has 6 heteroatoms. The van der Waals surface area contributed by atoms with Gasteiger partial charge in [-0.3, -0.25) is 0 Å². The Hall–Kier alpha value is -3.22. The van der Waals surface area contributed by atoms with Crippen LogP contribution in [-0.4, -0.2) is 17.2 Å². The van der Waals surface area contributed by atoms with Gasteiger partial charge in [-0.1, -0.05) is 67.6 Å². The maximum atomic E-state index is 13.7. The van der Waals surface area contributed by atoms with Gasteiger partial charge in [0.05, 0.1) is 22.8 Å². The number of carbonyl (C=O) groups is 1. The Morgan fingerprint density at radius 2 is 1.82 bits per heavy atom. The van der Waals surface area contributed by atoms with E-state index in [1.54, 1.807) is 17.8 Å². The number of aromatic nitrogens is 1. The van der Waals surface area contributed by atoms with E-state index in [1.165, 1.54) is 12.1 Å². The van der Waals surface area contributed by atoms with Crippen molar-refractivity contribution in [2.45, 2.75) is 25.1 Å². The molecule has 0 bridgehead atoms. The molecular weight excluding hydrogens is 435 g/mol. The lowest BCUT2D eigenvalue weighted by Crippen LogP contribution is -2.26. The minimum absolute atomic E-state index is 0.324. The first-order chi connectivity index (χ1) is 16.1. The number of nitrogens with zero attached hydrogens (tertiary/aromatic N) is 1. The van der Waals surface area contributed by atoms with Crippen molar-refractivity contribution in [2.24, 2.45) is 0 Å². The zero-order chi connectivity index (χ0) is 23.2. The van der Waals surface area contributed by atoms with Crippen molar-refractivity contribution in [3.63, 3.8) is 0 Å². The normalized spacial score (nSPS) is 12.0. The van der Waals surface area contributed by atoms with E-state index in [4.69, 9.17) is 9.82 Å². The van der Waals surface area contributed by atoms with Crippen LogP contribution in [0.25, 0.3) is 22.2 Å². The molecule has 4 nitrogen and oxygen atoms in total. The van der Waals surface area contributed by atoms with Crippen molar-refractivity contribution in [3.8, 4) is 11.3 Å². The van der Waals surface area contributed by atoms with Gasteiger partial charge in [-0.2, -0.15) is 11.8 Å². The Labute approximate surface area is 197 Å². The van der Waals surface area contributed by atoms with Gasteiger partial charge in [-0.15, -0.1) is 5.48 Å². The Morgan fingerprint density at radius 1 is 1.06 bits per heavy atom. The highest BCUT2D eigenvalue weighted by Gasteiger charge is 2.23. The van der Waals surface area contributed by atoms with E-state index in [0.29, 0.717) is 17.7 Å². The maximum Gasteiger partial charge on any atom is 0.357 e. The second-order valence-corrected chi connectivity index (χ2v) is 8.52. The summed E-state index contributed by atoms with van der Waals surface area (Å²) in [5, 5.41) is 0.742. The predicted octanol–water partition coefficient (Wildman–Crippen LogP) is 6.72. The summed E-state index contributed by atoms with van der Waals surface area (Å²) in [7, 11) is 0. The molecule has 0 aliphatic carbocycles. The molecule has 3 aromatic carbocycles. The number of hydroxylamine groups is 1. The van der Waals surface area contributed by atoms with E-state index in [-0.39, 0.29) is 11.9 Å². The Bertz CT molecular complexity index is 1260. The predicted molar refractivity (Wildman–Crippen MR) is 132 cm³/mol. The summed E-state index contributed by atoms with van der Waals surface area (Å²) in [6, 6.07) is 23.4. The largest absolute Gasteiger partial charge is 0.366 e. The van der Waals surface area contributed by atoms with Gasteiger partial charge in [0.2, 0.25) is 0 Å². The topological polar surface area (TPSA) is 51.2 Å². The number of rotatable bonds is 8. The summed E-state index contributed by atoms with van der Waals surface area (Å²) in [6.45, 7) is 1.95. The molecule has 0 aliphatic rings. The van der Waals surface area contributed by atoms with Crippen molar-refractivity contribution < 1.29 is 14.0 Å². The second-order valence-electron chi connectivity index (χ2n) is 7.65. The lowest BCUT2D eigenvalue weighted by Gasteiger charge is -2.19. The summed E-state index contributed by atoms with van der Waals surface area (Å²) >= 11 is 1.62. The third-order valence-corrected chi connectivity index (χ3v) is 6.06. The lowest BCUT2D eigenvalue weighted by molar-refractivity contribution is 0.0148. The molecule has 4 rings (SSSR count). The van der Waals surface area contributed by atoms with Gasteiger partial charge in [-0.05, 0) is 36.4 Å². The molecule has 168 valence electrons. The maximum absolute atomic E-state index is 13.7. The molecule has 0 amide bonds. The number of hydrogen-bond donors (Lipinski definition) is 1. The summed E-state index contributed by atoms with van der Waals surface area (Å²) in [5.74, 6) is -0.202. The van der Waals surface area contributed by atoms with Crippen LogP contribution < -0.4 is 5.48 Å². The third-order valence-electron chi connectivity index (χ3n) is 5.49. The van der Waals surface area contributed by atoms with Crippen molar-refractivity contribution in [2.75, 3.05) is 6.26 Å². The van der Waals surface area contributed by atoms with Crippen LogP contribution in [0.3, 0.4) is 0 Å². The monoisotopic (exact) mass is 460 g/mol. The molecule has 1 heterocycles. The highest BCUT2D eigenvalue weighted by Crippen LogP contribution is 2.33. The Balaban J connectivity index is 1.75. The second kappa shape index (κ2) is 10.6. The molecule has 1 atom stereocenters. The molecule has 4 aromatic rings. The van der Waals surface area contributed by atoms with Crippen LogP contribution in [0.5, 0.6) is 0 Å². The number of thioether (sulfide) groups is 1. The standard InChI is InChI=1S/C27H25FN2O2S/c1-3-23(19-12-9-13-20(28)16-19)30-32-27(31)25-21-14-7-8-15-24(21)29-26(22(25)17-33-2)18-10-5-4-6-11-18/h4-16,23,30H,3,17H2,1-2H3. The number of halogens is 1. The van der Waals surface area contributed by atoms with E-state index in [0.717, 1.165) is 33.3 Å².